The third-order valence-electron chi connectivity index (χ3n) is 1.56. The lowest BCUT2D eigenvalue weighted by Crippen LogP contribution is -1.98. The van der Waals surface area contributed by atoms with Gasteiger partial charge in [0.1, 0.15) is 0 Å². The molecule has 0 aliphatic rings. The molecule has 0 radical (unpaired) electrons. The second-order valence-electron chi connectivity index (χ2n) is 2.44. The number of nitrogens with two attached hydrogens (primary N) is 1. The van der Waals surface area contributed by atoms with Crippen molar-refractivity contribution >= 4 is 0 Å². The Bertz CT molecular complexity index is 261. The summed E-state index contributed by atoms with van der Waals surface area (Å²) < 4.78 is 5.17. The van der Waals surface area contributed by atoms with Crippen LogP contribution >= 0.6 is 0 Å². The molecule has 0 saturated heterocycles. The van der Waals surface area contributed by atoms with Gasteiger partial charge < -0.3 is 15.6 Å². The summed E-state index contributed by atoms with van der Waals surface area (Å²) >= 11 is 0. The van der Waals surface area contributed by atoms with E-state index >= 15 is 0 Å². The number of rotatable bonds is 3. The zero-order valence-corrected chi connectivity index (χ0v) is 7.08. The minimum Gasteiger partial charge on any atom is -0.504 e. The minimum atomic E-state index is 0.161. The van der Waals surface area contributed by atoms with Gasteiger partial charge in [-0.1, -0.05) is 6.07 Å². The van der Waals surface area contributed by atoms with Crippen LogP contribution in [0.4, 0.5) is 0 Å². The highest BCUT2D eigenvalue weighted by Gasteiger charge is 2.01. The predicted molar refractivity (Wildman–Crippen MR) is 47.2 cm³/mol. The lowest BCUT2D eigenvalue weighted by atomic mass is 10.2. The van der Waals surface area contributed by atoms with Crippen LogP contribution in [0, 0.1) is 0 Å². The Morgan fingerprint density at radius 3 is 2.83 bits per heavy atom. The molecule has 0 saturated carbocycles. The smallest absolute Gasteiger partial charge is 0.161 e. The van der Waals surface area contributed by atoms with Crippen molar-refractivity contribution in [2.24, 2.45) is 5.73 Å². The van der Waals surface area contributed by atoms with Crippen LogP contribution in [0.2, 0.25) is 0 Å². The largest absolute Gasteiger partial charge is 0.504 e. The van der Waals surface area contributed by atoms with E-state index < -0.39 is 0 Å². The van der Waals surface area contributed by atoms with Crippen molar-refractivity contribution in [3.8, 4) is 11.5 Å². The van der Waals surface area contributed by atoms with Gasteiger partial charge in [0.25, 0.3) is 0 Å². The molecule has 3 N–H and O–H groups in total. The Balaban J connectivity index is 2.91. The standard InChI is InChI=1S/C9H13NO2/c1-2-12-9-5-7(6-10)3-4-8(9)11/h3-5,11H,2,6,10H2,1H3. The monoisotopic (exact) mass is 167 g/mol. The molecule has 0 spiro atoms. The number of aromatic hydroxyl groups is 1. The average molecular weight is 167 g/mol. The molecule has 3 heteroatoms. The van der Waals surface area contributed by atoms with E-state index in [1.54, 1.807) is 18.2 Å². The first-order valence-electron chi connectivity index (χ1n) is 3.92. The summed E-state index contributed by atoms with van der Waals surface area (Å²) in [7, 11) is 0. The van der Waals surface area contributed by atoms with Crippen LogP contribution in [0.25, 0.3) is 0 Å². The second-order valence-corrected chi connectivity index (χ2v) is 2.44. The quantitative estimate of drug-likeness (QED) is 0.712. The van der Waals surface area contributed by atoms with Gasteiger partial charge in [-0.3, -0.25) is 0 Å². The normalized spacial score (nSPS) is 9.83. The molecule has 0 amide bonds. The molecule has 12 heavy (non-hydrogen) atoms. The number of ether oxygens (including phenoxy) is 1. The molecule has 66 valence electrons. The summed E-state index contributed by atoms with van der Waals surface area (Å²) in [5.41, 5.74) is 6.38. The van der Waals surface area contributed by atoms with E-state index in [4.69, 9.17) is 10.5 Å². The fraction of sp³-hybridized carbons (Fsp3) is 0.333. The average Bonchev–Trinajstić information content (AvgIpc) is 2.09. The SMILES string of the molecule is CCOc1cc(CN)ccc1O. The first-order valence-corrected chi connectivity index (χ1v) is 3.92. The van der Waals surface area contributed by atoms with E-state index in [0.717, 1.165) is 5.56 Å². The van der Waals surface area contributed by atoms with E-state index in [1.807, 2.05) is 6.92 Å². The van der Waals surface area contributed by atoms with E-state index in [-0.39, 0.29) is 5.75 Å². The zero-order valence-electron chi connectivity index (χ0n) is 7.08. The number of phenols is 1. The van der Waals surface area contributed by atoms with Crippen LogP contribution < -0.4 is 10.5 Å². The van der Waals surface area contributed by atoms with Gasteiger partial charge in [0.15, 0.2) is 11.5 Å². The molecule has 0 heterocycles. The fourth-order valence-corrected chi connectivity index (χ4v) is 0.957. The van der Waals surface area contributed by atoms with Crippen LogP contribution in [0.1, 0.15) is 12.5 Å². The Morgan fingerprint density at radius 1 is 1.50 bits per heavy atom. The van der Waals surface area contributed by atoms with Crippen LogP contribution in [0.15, 0.2) is 18.2 Å². The van der Waals surface area contributed by atoms with Crippen molar-refractivity contribution in [3.05, 3.63) is 23.8 Å². The molecule has 0 atom stereocenters. The molecule has 1 aromatic rings. The Kier molecular flexibility index (Phi) is 2.94. The Morgan fingerprint density at radius 2 is 2.25 bits per heavy atom. The van der Waals surface area contributed by atoms with Crippen molar-refractivity contribution in [2.75, 3.05) is 6.61 Å². The third-order valence-corrected chi connectivity index (χ3v) is 1.56. The van der Waals surface area contributed by atoms with Gasteiger partial charge in [-0.2, -0.15) is 0 Å². The molecule has 0 aliphatic carbocycles. The van der Waals surface area contributed by atoms with Crippen molar-refractivity contribution in [2.45, 2.75) is 13.5 Å². The summed E-state index contributed by atoms with van der Waals surface area (Å²) in [4.78, 5) is 0. The highest BCUT2D eigenvalue weighted by Crippen LogP contribution is 2.26. The fourth-order valence-electron chi connectivity index (χ4n) is 0.957. The second kappa shape index (κ2) is 3.97. The topological polar surface area (TPSA) is 55.5 Å². The summed E-state index contributed by atoms with van der Waals surface area (Å²) in [6, 6.07) is 5.11. The van der Waals surface area contributed by atoms with Gasteiger partial charge in [-0.15, -0.1) is 0 Å². The maximum absolute atomic E-state index is 9.30. The third kappa shape index (κ3) is 1.89. The Hall–Kier alpha value is -1.22. The van der Waals surface area contributed by atoms with E-state index in [2.05, 4.69) is 0 Å². The van der Waals surface area contributed by atoms with Gasteiger partial charge in [0, 0.05) is 6.54 Å². The molecule has 1 aromatic carbocycles. The van der Waals surface area contributed by atoms with Crippen molar-refractivity contribution in [3.63, 3.8) is 0 Å². The van der Waals surface area contributed by atoms with Gasteiger partial charge in [-0.25, -0.2) is 0 Å². The lowest BCUT2D eigenvalue weighted by molar-refractivity contribution is 0.318. The molecular weight excluding hydrogens is 154 g/mol. The number of hydrogen-bond donors (Lipinski definition) is 2. The first-order chi connectivity index (χ1) is 5.77. The van der Waals surface area contributed by atoms with Gasteiger partial charge in [0.05, 0.1) is 6.61 Å². The lowest BCUT2D eigenvalue weighted by Gasteiger charge is -2.06. The molecule has 0 bridgehead atoms. The number of phenolic OH excluding ortho intramolecular Hbond substituents is 1. The van der Waals surface area contributed by atoms with Gasteiger partial charge >= 0.3 is 0 Å². The molecule has 0 unspecified atom stereocenters. The summed E-state index contributed by atoms with van der Waals surface area (Å²) in [6.07, 6.45) is 0. The number of benzene rings is 1. The van der Waals surface area contributed by atoms with Crippen LogP contribution in [0.3, 0.4) is 0 Å². The van der Waals surface area contributed by atoms with E-state index in [9.17, 15) is 5.11 Å². The van der Waals surface area contributed by atoms with Gasteiger partial charge in [-0.05, 0) is 24.6 Å². The van der Waals surface area contributed by atoms with Crippen LogP contribution in [0.5, 0.6) is 11.5 Å². The maximum atomic E-state index is 9.30. The highest BCUT2D eigenvalue weighted by molar-refractivity contribution is 5.41. The first kappa shape index (κ1) is 8.87. The predicted octanol–water partition coefficient (Wildman–Crippen LogP) is 1.25. The minimum absolute atomic E-state index is 0.161. The maximum Gasteiger partial charge on any atom is 0.161 e. The molecule has 0 aliphatic heterocycles. The molecule has 3 nitrogen and oxygen atoms in total. The summed E-state index contributed by atoms with van der Waals surface area (Å²) in [6.45, 7) is 2.87. The number of hydrogen-bond acceptors (Lipinski definition) is 3. The van der Waals surface area contributed by atoms with Crippen molar-refractivity contribution < 1.29 is 9.84 Å². The molecule has 0 aromatic heterocycles. The van der Waals surface area contributed by atoms with Crippen LogP contribution in [-0.2, 0) is 6.54 Å². The molecule has 1 rings (SSSR count). The zero-order chi connectivity index (χ0) is 8.97. The van der Waals surface area contributed by atoms with Gasteiger partial charge in [0.2, 0.25) is 0 Å². The highest BCUT2D eigenvalue weighted by atomic mass is 16.5. The van der Waals surface area contributed by atoms with E-state index in [1.165, 1.54) is 0 Å². The van der Waals surface area contributed by atoms with Crippen LogP contribution in [-0.4, -0.2) is 11.7 Å². The van der Waals surface area contributed by atoms with Crippen molar-refractivity contribution in [1.82, 2.24) is 0 Å². The summed E-state index contributed by atoms with van der Waals surface area (Å²) in [5, 5.41) is 9.30. The summed E-state index contributed by atoms with van der Waals surface area (Å²) in [5.74, 6) is 0.662. The van der Waals surface area contributed by atoms with Crippen molar-refractivity contribution in [1.29, 1.82) is 0 Å². The molecule has 0 fully saturated rings. The Labute approximate surface area is 71.8 Å². The van der Waals surface area contributed by atoms with E-state index in [0.29, 0.717) is 18.9 Å². The molecular formula is C9H13NO2.